The van der Waals surface area contributed by atoms with E-state index in [0.717, 1.165) is 5.56 Å². The smallest absolute Gasteiger partial charge is 0.315 e. The molecule has 0 saturated carbocycles. The number of hydrogen-bond acceptors (Lipinski definition) is 4. The van der Waals surface area contributed by atoms with E-state index in [1.54, 1.807) is 24.3 Å². The van der Waals surface area contributed by atoms with Crippen molar-refractivity contribution >= 4 is 16.1 Å². The number of carbonyl (C=O) groups is 1. The molecule has 1 aliphatic rings. The van der Waals surface area contributed by atoms with Crippen molar-refractivity contribution in [1.29, 1.82) is 0 Å². The number of benzene rings is 2. The van der Waals surface area contributed by atoms with Crippen LogP contribution in [0.25, 0.3) is 0 Å². The first-order chi connectivity index (χ1) is 13.9. The monoisotopic (exact) mass is 417 g/mol. The maximum atomic E-state index is 12.8. The fraction of sp³-hybridized carbons (Fsp3) is 0.381. The second kappa shape index (κ2) is 9.28. The van der Waals surface area contributed by atoms with Crippen molar-refractivity contribution < 1.29 is 17.9 Å². The molecule has 1 saturated heterocycles. The average Bonchev–Trinajstić information content (AvgIpc) is 2.74. The Morgan fingerprint density at radius 3 is 2.28 bits per heavy atom. The number of methoxy groups -OCH3 is 1. The Hall–Kier alpha value is -2.58. The lowest BCUT2D eigenvalue weighted by atomic mass is 10.1. The first-order valence-corrected chi connectivity index (χ1v) is 11.1. The van der Waals surface area contributed by atoms with Gasteiger partial charge in [0.25, 0.3) is 0 Å². The summed E-state index contributed by atoms with van der Waals surface area (Å²) in [5, 5.41) is 5.79. The third kappa shape index (κ3) is 5.48. The van der Waals surface area contributed by atoms with Crippen LogP contribution < -0.4 is 15.4 Å². The highest BCUT2D eigenvalue weighted by atomic mass is 32.2. The van der Waals surface area contributed by atoms with Crippen LogP contribution in [0.3, 0.4) is 0 Å². The lowest BCUT2D eigenvalue weighted by Gasteiger charge is -2.31. The van der Waals surface area contributed by atoms with Gasteiger partial charge in [-0.2, -0.15) is 4.31 Å². The van der Waals surface area contributed by atoms with Crippen LogP contribution >= 0.6 is 0 Å². The van der Waals surface area contributed by atoms with Crippen LogP contribution in [-0.2, 0) is 16.6 Å². The molecule has 0 aromatic heterocycles. The normalized spacial score (nSPS) is 15.7. The first-order valence-electron chi connectivity index (χ1n) is 9.62. The Balaban J connectivity index is 1.47. The number of sulfonamides is 1. The molecule has 0 aliphatic carbocycles. The Labute approximate surface area is 172 Å². The highest BCUT2D eigenvalue weighted by molar-refractivity contribution is 7.89. The van der Waals surface area contributed by atoms with Gasteiger partial charge in [0.05, 0.1) is 12.0 Å². The number of urea groups is 1. The number of hydrogen-bond donors (Lipinski definition) is 2. The van der Waals surface area contributed by atoms with E-state index in [1.807, 2.05) is 31.2 Å². The third-order valence-electron chi connectivity index (χ3n) is 5.06. The number of amides is 2. The number of nitrogens with zero attached hydrogens (tertiary/aromatic N) is 1. The zero-order valence-corrected chi connectivity index (χ0v) is 17.5. The molecule has 29 heavy (non-hydrogen) atoms. The van der Waals surface area contributed by atoms with Crippen LogP contribution in [0, 0.1) is 6.92 Å². The lowest BCUT2D eigenvalue weighted by Crippen LogP contribution is -2.48. The molecule has 8 heteroatoms. The molecule has 156 valence electrons. The molecule has 0 atom stereocenters. The van der Waals surface area contributed by atoms with Gasteiger partial charge in [-0.25, -0.2) is 13.2 Å². The molecule has 0 unspecified atom stereocenters. The molecule has 2 aromatic carbocycles. The summed E-state index contributed by atoms with van der Waals surface area (Å²) in [5.41, 5.74) is 2.21. The van der Waals surface area contributed by atoms with Crippen molar-refractivity contribution in [2.45, 2.75) is 37.2 Å². The van der Waals surface area contributed by atoms with E-state index in [2.05, 4.69) is 10.6 Å². The second-order valence-electron chi connectivity index (χ2n) is 7.17. The summed E-state index contributed by atoms with van der Waals surface area (Å²) in [5.74, 6) is 0.614. The summed E-state index contributed by atoms with van der Waals surface area (Å²) in [4.78, 5) is 12.4. The van der Waals surface area contributed by atoms with Crippen molar-refractivity contribution in [3.63, 3.8) is 0 Å². The van der Waals surface area contributed by atoms with Gasteiger partial charge in [0, 0.05) is 25.7 Å². The van der Waals surface area contributed by atoms with Crippen LogP contribution in [0.15, 0.2) is 53.4 Å². The molecule has 0 spiro atoms. The average molecular weight is 418 g/mol. The molecular weight excluding hydrogens is 390 g/mol. The van der Waals surface area contributed by atoms with Crippen molar-refractivity contribution in [1.82, 2.24) is 14.9 Å². The highest BCUT2D eigenvalue weighted by Crippen LogP contribution is 2.22. The predicted molar refractivity (Wildman–Crippen MR) is 111 cm³/mol. The van der Waals surface area contributed by atoms with Gasteiger partial charge in [0.1, 0.15) is 5.75 Å². The highest BCUT2D eigenvalue weighted by Gasteiger charge is 2.29. The van der Waals surface area contributed by atoms with E-state index in [9.17, 15) is 13.2 Å². The zero-order valence-electron chi connectivity index (χ0n) is 16.7. The fourth-order valence-electron chi connectivity index (χ4n) is 3.26. The maximum Gasteiger partial charge on any atom is 0.315 e. The van der Waals surface area contributed by atoms with E-state index in [1.165, 1.54) is 17.0 Å². The lowest BCUT2D eigenvalue weighted by molar-refractivity contribution is 0.227. The predicted octanol–water partition coefficient (Wildman–Crippen LogP) is 2.66. The van der Waals surface area contributed by atoms with Crippen LogP contribution in [0.2, 0.25) is 0 Å². The zero-order chi connectivity index (χ0) is 20.9. The second-order valence-corrected chi connectivity index (χ2v) is 9.10. The van der Waals surface area contributed by atoms with Crippen LogP contribution in [-0.4, -0.2) is 45.0 Å². The molecular formula is C21H27N3O4S. The van der Waals surface area contributed by atoms with Gasteiger partial charge in [-0.3, -0.25) is 0 Å². The van der Waals surface area contributed by atoms with E-state index >= 15 is 0 Å². The Kier molecular flexibility index (Phi) is 6.76. The van der Waals surface area contributed by atoms with Gasteiger partial charge in [0.15, 0.2) is 0 Å². The van der Waals surface area contributed by atoms with Gasteiger partial charge < -0.3 is 15.4 Å². The largest absolute Gasteiger partial charge is 0.497 e. The van der Waals surface area contributed by atoms with Gasteiger partial charge in [-0.15, -0.1) is 0 Å². The number of rotatable bonds is 6. The summed E-state index contributed by atoms with van der Waals surface area (Å²) < 4.78 is 32.1. The number of ether oxygens (including phenoxy) is 1. The van der Waals surface area contributed by atoms with Crippen LogP contribution in [0.1, 0.15) is 24.0 Å². The Morgan fingerprint density at radius 2 is 1.69 bits per heavy atom. The fourth-order valence-corrected chi connectivity index (χ4v) is 4.73. The SMILES string of the molecule is COc1ccc(S(=O)(=O)N2CCC(NC(=O)NCc3ccc(C)cc3)CC2)cc1. The molecule has 2 amide bonds. The van der Waals surface area contributed by atoms with Crippen molar-refractivity contribution in [3.8, 4) is 5.75 Å². The third-order valence-corrected chi connectivity index (χ3v) is 6.97. The standard InChI is InChI=1S/C21H27N3O4S/c1-16-3-5-17(6-4-16)15-22-21(25)23-18-11-13-24(14-12-18)29(26,27)20-9-7-19(28-2)8-10-20/h3-10,18H,11-15H2,1-2H3,(H2,22,23,25). The van der Waals surface area contributed by atoms with E-state index in [-0.39, 0.29) is 17.0 Å². The summed E-state index contributed by atoms with van der Waals surface area (Å²) in [7, 11) is -2.00. The number of nitrogens with one attached hydrogen (secondary N) is 2. The topological polar surface area (TPSA) is 87.7 Å². The van der Waals surface area contributed by atoms with E-state index in [4.69, 9.17) is 4.74 Å². The molecule has 0 bridgehead atoms. The maximum absolute atomic E-state index is 12.8. The molecule has 2 aromatic rings. The van der Waals surface area contributed by atoms with E-state index < -0.39 is 10.0 Å². The summed E-state index contributed by atoms with van der Waals surface area (Å²) in [6, 6.07) is 14.1. The van der Waals surface area contributed by atoms with Gasteiger partial charge in [0.2, 0.25) is 10.0 Å². The summed E-state index contributed by atoms with van der Waals surface area (Å²) >= 11 is 0. The van der Waals surface area contributed by atoms with Gasteiger partial charge >= 0.3 is 6.03 Å². The van der Waals surface area contributed by atoms with Crippen LogP contribution in [0.5, 0.6) is 5.75 Å². The summed E-state index contributed by atoms with van der Waals surface area (Å²) in [6.07, 6.45) is 1.15. The molecule has 0 radical (unpaired) electrons. The minimum atomic E-state index is -3.54. The minimum Gasteiger partial charge on any atom is -0.497 e. The molecule has 2 N–H and O–H groups in total. The molecule has 1 aliphatic heterocycles. The first kappa shape index (κ1) is 21.1. The van der Waals surface area contributed by atoms with Gasteiger partial charge in [-0.1, -0.05) is 29.8 Å². The Morgan fingerprint density at radius 1 is 1.07 bits per heavy atom. The van der Waals surface area contributed by atoms with Crippen LogP contribution in [0.4, 0.5) is 4.79 Å². The summed E-state index contributed by atoms with van der Waals surface area (Å²) in [6.45, 7) is 3.22. The molecule has 1 fully saturated rings. The molecule has 1 heterocycles. The quantitative estimate of drug-likeness (QED) is 0.756. The van der Waals surface area contributed by atoms with Crippen molar-refractivity contribution in [2.75, 3.05) is 20.2 Å². The van der Waals surface area contributed by atoms with Gasteiger partial charge in [-0.05, 0) is 49.6 Å². The number of carbonyl (C=O) groups excluding carboxylic acids is 1. The molecule has 7 nitrogen and oxygen atoms in total. The van der Waals surface area contributed by atoms with E-state index in [0.29, 0.717) is 38.2 Å². The van der Waals surface area contributed by atoms with Crippen molar-refractivity contribution in [3.05, 3.63) is 59.7 Å². The van der Waals surface area contributed by atoms with Crippen molar-refractivity contribution in [2.24, 2.45) is 0 Å². The minimum absolute atomic E-state index is 0.0460. The number of aryl methyl sites for hydroxylation is 1. The number of piperidine rings is 1. The molecule has 3 rings (SSSR count). The Bertz CT molecular complexity index is 919.